The Morgan fingerprint density at radius 3 is 2.69 bits per heavy atom. The molecule has 0 atom stereocenters. The Hall–Kier alpha value is -0.780. The first-order valence-corrected chi connectivity index (χ1v) is 5.85. The van der Waals surface area contributed by atoms with Crippen molar-refractivity contribution in [2.24, 2.45) is 0 Å². The molecule has 0 aliphatic rings. The van der Waals surface area contributed by atoms with Crippen LogP contribution in [0.3, 0.4) is 0 Å². The molecule has 0 radical (unpaired) electrons. The van der Waals surface area contributed by atoms with Crippen molar-refractivity contribution in [1.82, 2.24) is 9.97 Å². The summed E-state index contributed by atoms with van der Waals surface area (Å²) in [7, 11) is 1.59. The minimum atomic E-state index is -2.37. The maximum Gasteiger partial charge on any atom is 0.255 e. The molecule has 1 aromatic heterocycles. The SMILES string of the molecule is CCCc1nc(Br)cc(N(C)CC(F)F)n1. The molecule has 0 N–H and O–H groups in total. The fourth-order valence-electron chi connectivity index (χ4n) is 1.28. The van der Waals surface area contributed by atoms with Gasteiger partial charge in [-0.05, 0) is 22.4 Å². The van der Waals surface area contributed by atoms with Crippen molar-refractivity contribution >= 4 is 21.7 Å². The highest BCUT2D eigenvalue weighted by Gasteiger charge is 2.11. The Balaban J connectivity index is 2.86. The van der Waals surface area contributed by atoms with E-state index in [9.17, 15) is 8.78 Å². The summed E-state index contributed by atoms with van der Waals surface area (Å²) in [6.07, 6.45) is -0.697. The number of halogens is 3. The Kier molecular flexibility index (Phi) is 5.05. The van der Waals surface area contributed by atoms with Gasteiger partial charge >= 0.3 is 0 Å². The van der Waals surface area contributed by atoms with Crippen molar-refractivity contribution in [3.8, 4) is 0 Å². The molecule has 0 aliphatic heterocycles. The molecule has 1 rings (SSSR count). The number of hydrogen-bond donors (Lipinski definition) is 0. The highest BCUT2D eigenvalue weighted by Crippen LogP contribution is 2.17. The first kappa shape index (κ1) is 13.3. The van der Waals surface area contributed by atoms with Crippen LogP contribution in [0, 0.1) is 0 Å². The van der Waals surface area contributed by atoms with E-state index in [4.69, 9.17) is 0 Å². The van der Waals surface area contributed by atoms with Gasteiger partial charge in [-0.3, -0.25) is 0 Å². The molecule has 0 saturated carbocycles. The topological polar surface area (TPSA) is 29.0 Å². The minimum Gasteiger partial charge on any atom is -0.354 e. The molecule has 1 heterocycles. The van der Waals surface area contributed by atoms with E-state index in [1.54, 1.807) is 13.1 Å². The second-order valence-corrected chi connectivity index (χ2v) is 4.30. The molecular weight excluding hydrogens is 280 g/mol. The minimum absolute atomic E-state index is 0.324. The Labute approximate surface area is 102 Å². The summed E-state index contributed by atoms with van der Waals surface area (Å²) < 4.78 is 25.1. The monoisotopic (exact) mass is 293 g/mol. The molecule has 0 spiro atoms. The van der Waals surface area contributed by atoms with Gasteiger partial charge in [0, 0.05) is 19.5 Å². The smallest absolute Gasteiger partial charge is 0.255 e. The second-order valence-electron chi connectivity index (χ2n) is 3.49. The predicted molar refractivity (Wildman–Crippen MR) is 63.0 cm³/mol. The van der Waals surface area contributed by atoms with E-state index in [1.165, 1.54) is 4.90 Å². The summed E-state index contributed by atoms with van der Waals surface area (Å²) in [6.45, 7) is 1.70. The number of hydrogen-bond acceptors (Lipinski definition) is 3. The molecule has 0 aromatic carbocycles. The van der Waals surface area contributed by atoms with Crippen molar-refractivity contribution in [3.05, 3.63) is 16.5 Å². The lowest BCUT2D eigenvalue weighted by Gasteiger charge is -2.18. The molecule has 1 aromatic rings. The number of alkyl halides is 2. The van der Waals surface area contributed by atoms with Crippen LogP contribution in [0.2, 0.25) is 0 Å². The van der Waals surface area contributed by atoms with E-state index in [2.05, 4.69) is 25.9 Å². The predicted octanol–water partition coefficient (Wildman–Crippen LogP) is 2.89. The number of rotatable bonds is 5. The third-order valence-corrected chi connectivity index (χ3v) is 2.41. The quantitative estimate of drug-likeness (QED) is 0.782. The van der Waals surface area contributed by atoms with Crippen molar-refractivity contribution in [2.75, 3.05) is 18.5 Å². The van der Waals surface area contributed by atoms with Gasteiger partial charge in [0.15, 0.2) is 0 Å². The van der Waals surface area contributed by atoms with Crippen LogP contribution in [0.1, 0.15) is 19.2 Å². The summed E-state index contributed by atoms with van der Waals surface area (Å²) in [4.78, 5) is 9.83. The fraction of sp³-hybridized carbons (Fsp3) is 0.600. The zero-order valence-corrected chi connectivity index (χ0v) is 10.8. The van der Waals surface area contributed by atoms with E-state index in [0.717, 1.165) is 12.8 Å². The molecule has 0 fully saturated rings. The maximum absolute atomic E-state index is 12.2. The molecular formula is C10H14BrF2N3. The molecule has 3 nitrogen and oxygen atoms in total. The molecule has 0 aliphatic carbocycles. The lowest BCUT2D eigenvalue weighted by Crippen LogP contribution is -2.25. The molecule has 90 valence electrons. The summed E-state index contributed by atoms with van der Waals surface area (Å²) in [6, 6.07) is 1.64. The summed E-state index contributed by atoms with van der Waals surface area (Å²) in [5.74, 6) is 1.19. The Bertz CT molecular complexity index is 347. The van der Waals surface area contributed by atoms with Crippen LogP contribution < -0.4 is 4.90 Å². The van der Waals surface area contributed by atoms with Crippen LogP contribution in [-0.2, 0) is 6.42 Å². The lowest BCUT2D eigenvalue weighted by atomic mass is 10.3. The standard InChI is InChI=1S/C10H14BrF2N3/c1-3-4-9-14-7(11)5-10(15-9)16(2)6-8(12)13/h5,8H,3-4,6H2,1-2H3. The van der Waals surface area contributed by atoms with E-state index < -0.39 is 6.43 Å². The zero-order chi connectivity index (χ0) is 12.1. The van der Waals surface area contributed by atoms with Crippen LogP contribution in [0.4, 0.5) is 14.6 Å². The Morgan fingerprint density at radius 2 is 2.12 bits per heavy atom. The number of nitrogens with zero attached hydrogens (tertiary/aromatic N) is 3. The van der Waals surface area contributed by atoms with Gasteiger partial charge < -0.3 is 4.90 Å². The molecule has 0 amide bonds. The summed E-state index contributed by atoms with van der Waals surface area (Å²) in [5.41, 5.74) is 0. The Morgan fingerprint density at radius 1 is 1.44 bits per heavy atom. The van der Waals surface area contributed by atoms with Gasteiger partial charge in [-0.25, -0.2) is 18.7 Å². The van der Waals surface area contributed by atoms with E-state index >= 15 is 0 Å². The fourth-order valence-corrected chi connectivity index (χ4v) is 1.69. The molecule has 6 heteroatoms. The number of aryl methyl sites for hydroxylation is 1. The third-order valence-electron chi connectivity index (χ3n) is 2.00. The van der Waals surface area contributed by atoms with Crippen LogP contribution in [-0.4, -0.2) is 30.0 Å². The van der Waals surface area contributed by atoms with Gasteiger partial charge in [-0.2, -0.15) is 0 Å². The zero-order valence-electron chi connectivity index (χ0n) is 9.25. The van der Waals surface area contributed by atoms with Gasteiger partial charge in [0.25, 0.3) is 6.43 Å². The average Bonchev–Trinajstić information content (AvgIpc) is 2.16. The van der Waals surface area contributed by atoms with Crippen molar-refractivity contribution < 1.29 is 8.78 Å². The van der Waals surface area contributed by atoms with Gasteiger partial charge in [0.1, 0.15) is 16.2 Å². The van der Waals surface area contributed by atoms with Gasteiger partial charge in [0.2, 0.25) is 0 Å². The first-order chi connectivity index (χ1) is 7.52. The van der Waals surface area contributed by atoms with Crippen molar-refractivity contribution in [3.63, 3.8) is 0 Å². The number of anilines is 1. The maximum atomic E-state index is 12.2. The number of aromatic nitrogens is 2. The van der Waals surface area contributed by atoms with Crippen molar-refractivity contribution in [1.29, 1.82) is 0 Å². The molecule has 0 unspecified atom stereocenters. The van der Waals surface area contributed by atoms with Crippen LogP contribution >= 0.6 is 15.9 Å². The highest BCUT2D eigenvalue weighted by molar-refractivity contribution is 9.10. The summed E-state index contributed by atoms with van der Waals surface area (Å²) >= 11 is 3.25. The van der Waals surface area contributed by atoms with Gasteiger partial charge in [-0.15, -0.1) is 0 Å². The van der Waals surface area contributed by atoms with Crippen LogP contribution in [0.5, 0.6) is 0 Å². The normalized spacial score (nSPS) is 10.9. The molecule has 0 saturated heterocycles. The molecule has 0 bridgehead atoms. The van der Waals surface area contributed by atoms with Crippen LogP contribution in [0.25, 0.3) is 0 Å². The largest absolute Gasteiger partial charge is 0.354 e. The lowest BCUT2D eigenvalue weighted by molar-refractivity contribution is 0.156. The van der Waals surface area contributed by atoms with Gasteiger partial charge in [0.05, 0.1) is 6.54 Å². The van der Waals surface area contributed by atoms with Crippen molar-refractivity contribution in [2.45, 2.75) is 26.2 Å². The third kappa shape index (κ3) is 4.00. The second kappa shape index (κ2) is 6.08. The van der Waals surface area contributed by atoms with Gasteiger partial charge in [-0.1, -0.05) is 6.92 Å². The van der Waals surface area contributed by atoms with E-state index in [-0.39, 0.29) is 6.54 Å². The average molecular weight is 294 g/mol. The van der Waals surface area contributed by atoms with E-state index in [0.29, 0.717) is 16.2 Å². The highest BCUT2D eigenvalue weighted by atomic mass is 79.9. The molecule has 16 heavy (non-hydrogen) atoms. The summed E-state index contributed by atoms with van der Waals surface area (Å²) in [5, 5.41) is 0. The van der Waals surface area contributed by atoms with Crippen LogP contribution in [0.15, 0.2) is 10.7 Å². The van der Waals surface area contributed by atoms with E-state index in [1.807, 2.05) is 6.92 Å². The first-order valence-electron chi connectivity index (χ1n) is 5.05.